The number of nitrogens with zero attached hydrogens (tertiary/aromatic N) is 1. The lowest BCUT2D eigenvalue weighted by Gasteiger charge is -2.18. The van der Waals surface area contributed by atoms with E-state index in [1.165, 1.54) is 6.07 Å². The van der Waals surface area contributed by atoms with Crippen LogP contribution >= 0.6 is 0 Å². The number of hydrogen-bond donors (Lipinski definition) is 0. The predicted octanol–water partition coefficient (Wildman–Crippen LogP) is 4.18. The second-order valence-electron chi connectivity index (χ2n) is 5.66. The lowest BCUT2D eigenvalue weighted by molar-refractivity contribution is -0.129. The van der Waals surface area contributed by atoms with Gasteiger partial charge in [0.2, 0.25) is 5.91 Å². The number of likely N-dealkylation sites (N-methyl/N-ethyl adjacent to an activating group) is 1. The highest BCUT2D eigenvalue weighted by Crippen LogP contribution is 2.19. The van der Waals surface area contributed by atoms with Crippen molar-refractivity contribution in [2.45, 2.75) is 13.0 Å². The Hall–Kier alpha value is -2.68. The van der Waals surface area contributed by atoms with Crippen molar-refractivity contribution >= 4 is 16.7 Å². The van der Waals surface area contributed by atoms with Crippen molar-refractivity contribution in [1.29, 1.82) is 0 Å². The molecule has 116 valence electrons. The molecule has 0 aliphatic carbocycles. The number of fused-ring (bicyclic) bond motifs is 1. The van der Waals surface area contributed by atoms with E-state index < -0.39 is 0 Å². The average molecular weight is 307 g/mol. The monoisotopic (exact) mass is 307 g/mol. The minimum Gasteiger partial charge on any atom is -0.341 e. The zero-order valence-electron chi connectivity index (χ0n) is 13.0. The van der Waals surface area contributed by atoms with Crippen LogP contribution in [0.25, 0.3) is 10.8 Å². The van der Waals surface area contributed by atoms with Crippen molar-refractivity contribution in [3.05, 3.63) is 83.7 Å². The normalized spacial score (nSPS) is 10.7. The highest BCUT2D eigenvalue weighted by atomic mass is 19.1. The second-order valence-corrected chi connectivity index (χ2v) is 5.66. The molecule has 3 aromatic rings. The number of hydrogen-bond acceptors (Lipinski definition) is 1. The molecule has 2 nitrogen and oxygen atoms in total. The standard InChI is InChI=1S/C20H18FNO/c1-22(14-17-8-3-5-12-19(17)21)20(23)13-16-10-6-9-15-7-2-4-11-18(15)16/h2-12H,13-14H2,1H3. The highest BCUT2D eigenvalue weighted by Gasteiger charge is 2.13. The van der Waals surface area contributed by atoms with E-state index in [-0.39, 0.29) is 18.3 Å². The quantitative estimate of drug-likeness (QED) is 0.708. The van der Waals surface area contributed by atoms with Gasteiger partial charge in [0.05, 0.1) is 6.42 Å². The SMILES string of the molecule is CN(Cc1ccccc1F)C(=O)Cc1cccc2ccccc12. The third-order valence-electron chi connectivity index (χ3n) is 4.01. The number of halogens is 1. The Kier molecular flexibility index (Phi) is 4.38. The van der Waals surface area contributed by atoms with Gasteiger partial charge in [-0.05, 0) is 22.4 Å². The van der Waals surface area contributed by atoms with E-state index in [1.54, 1.807) is 30.1 Å². The van der Waals surface area contributed by atoms with Gasteiger partial charge in [0, 0.05) is 19.2 Å². The molecule has 0 bridgehead atoms. The Labute approximate surface area is 135 Å². The second kappa shape index (κ2) is 6.61. The van der Waals surface area contributed by atoms with E-state index in [4.69, 9.17) is 0 Å². The summed E-state index contributed by atoms with van der Waals surface area (Å²) in [7, 11) is 1.71. The average Bonchev–Trinajstić information content (AvgIpc) is 2.57. The molecule has 23 heavy (non-hydrogen) atoms. The molecular weight excluding hydrogens is 289 g/mol. The Morgan fingerprint density at radius 3 is 2.39 bits per heavy atom. The van der Waals surface area contributed by atoms with Crippen LogP contribution in [0, 0.1) is 5.82 Å². The van der Waals surface area contributed by atoms with Gasteiger partial charge in [0.15, 0.2) is 0 Å². The Morgan fingerprint density at radius 2 is 1.57 bits per heavy atom. The van der Waals surface area contributed by atoms with Crippen LogP contribution in [-0.4, -0.2) is 17.9 Å². The number of rotatable bonds is 4. The van der Waals surface area contributed by atoms with Crippen LogP contribution in [-0.2, 0) is 17.8 Å². The van der Waals surface area contributed by atoms with E-state index in [0.717, 1.165) is 16.3 Å². The zero-order valence-corrected chi connectivity index (χ0v) is 13.0. The van der Waals surface area contributed by atoms with Gasteiger partial charge >= 0.3 is 0 Å². The first-order chi connectivity index (χ1) is 11.1. The third-order valence-corrected chi connectivity index (χ3v) is 4.01. The molecule has 0 heterocycles. The van der Waals surface area contributed by atoms with Gasteiger partial charge in [0.1, 0.15) is 5.82 Å². The van der Waals surface area contributed by atoms with Crippen LogP contribution in [0.2, 0.25) is 0 Å². The fraction of sp³-hybridized carbons (Fsp3) is 0.150. The summed E-state index contributed by atoms with van der Waals surface area (Å²) in [6.07, 6.45) is 0.312. The lowest BCUT2D eigenvalue weighted by atomic mass is 10.0. The lowest BCUT2D eigenvalue weighted by Crippen LogP contribution is -2.28. The maximum Gasteiger partial charge on any atom is 0.227 e. The van der Waals surface area contributed by atoms with Crippen molar-refractivity contribution in [2.75, 3.05) is 7.05 Å². The number of benzene rings is 3. The Bertz CT molecular complexity index is 838. The molecular formula is C20H18FNO. The Morgan fingerprint density at radius 1 is 0.913 bits per heavy atom. The van der Waals surface area contributed by atoms with Crippen LogP contribution in [0.15, 0.2) is 66.7 Å². The maximum atomic E-state index is 13.7. The molecule has 0 spiro atoms. The smallest absolute Gasteiger partial charge is 0.227 e. The zero-order chi connectivity index (χ0) is 16.2. The van der Waals surface area contributed by atoms with Crippen molar-refractivity contribution in [3.63, 3.8) is 0 Å². The van der Waals surface area contributed by atoms with Crippen molar-refractivity contribution in [1.82, 2.24) is 4.90 Å². The molecule has 1 amide bonds. The van der Waals surface area contributed by atoms with Gasteiger partial charge in [-0.1, -0.05) is 60.7 Å². The van der Waals surface area contributed by atoms with Gasteiger partial charge < -0.3 is 4.90 Å². The molecule has 3 heteroatoms. The van der Waals surface area contributed by atoms with Crippen molar-refractivity contribution < 1.29 is 9.18 Å². The first kappa shape index (κ1) is 15.2. The molecule has 0 atom stereocenters. The molecule has 0 fully saturated rings. The van der Waals surface area contributed by atoms with Gasteiger partial charge in [-0.25, -0.2) is 4.39 Å². The van der Waals surface area contributed by atoms with Crippen LogP contribution < -0.4 is 0 Å². The van der Waals surface area contributed by atoms with Crippen LogP contribution in [0.5, 0.6) is 0 Å². The molecule has 0 saturated carbocycles. The largest absolute Gasteiger partial charge is 0.341 e. The van der Waals surface area contributed by atoms with Gasteiger partial charge in [-0.3, -0.25) is 4.79 Å². The van der Waals surface area contributed by atoms with Crippen molar-refractivity contribution in [2.24, 2.45) is 0 Å². The van der Waals surface area contributed by atoms with E-state index in [2.05, 4.69) is 0 Å². The van der Waals surface area contributed by atoms with Gasteiger partial charge in [-0.2, -0.15) is 0 Å². The summed E-state index contributed by atoms with van der Waals surface area (Å²) in [5, 5.41) is 2.21. The molecule has 0 saturated heterocycles. The third kappa shape index (κ3) is 3.39. The summed E-state index contributed by atoms with van der Waals surface area (Å²) >= 11 is 0. The minimum absolute atomic E-state index is 0.0235. The van der Waals surface area contributed by atoms with Gasteiger partial charge in [-0.15, -0.1) is 0 Å². The number of carbonyl (C=O) groups excluding carboxylic acids is 1. The number of amides is 1. The molecule has 0 aromatic heterocycles. The first-order valence-electron chi connectivity index (χ1n) is 7.59. The molecule has 3 rings (SSSR count). The van der Waals surface area contributed by atoms with E-state index in [9.17, 15) is 9.18 Å². The molecule has 0 radical (unpaired) electrons. The topological polar surface area (TPSA) is 20.3 Å². The summed E-state index contributed by atoms with van der Waals surface area (Å²) in [5.74, 6) is -0.304. The molecule has 3 aromatic carbocycles. The molecule has 0 aliphatic rings. The minimum atomic E-state index is -0.280. The van der Waals surface area contributed by atoms with E-state index >= 15 is 0 Å². The van der Waals surface area contributed by atoms with Crippen LogP contribution in [0.1, 0.15) is 11.1 Å². The van der Waals surface area contributed by atoms with E-state index in [1.807, 2.05) is 42.5 Å². The molecule has 0 N–H and O–H groups in total. The van der Waals surface area contributed by atoms with Gasteiger partial charge in [0.25, 0.3) is 0 Å². The summed E-state index contributed by atoms with van der Waals surface area (Å²) in [6, 6.07) is 20.5. The first-order valence-corrected chi connectivity index (χ1v) is 7.59. The van der Waals surface area contributed by atoms with Crippen molar-refractivity contribution in [3.8, 4) is 0 Å². The van der Waals surface area contributed by atoms with Crippen LogP contribution in [0.4, 0.5) is 4.39 Å². The molecule has 0 aliphatic heterocycles. The number of carbonyl (C=O) groups is 1. The van der Waals surface area contributed by atoms with Crippen LogP contribution in [0.3, 0.4) is 0 Å². The fourth-order valence-electron chi connectivity index (χ4n) is 2.71. The van der Waals surface area contributed by atoms with E-state index in [0.29, 0.717) is 12.0 Å². The fourth-order valence-corrected chi connectivity index (χ4v) is 2.71. The summed E-state index contributed by atoms with van der Waals surface area (Å²) in [5.41, 5.74) is 1.52. The molecule has 0 unspecified atom stereocenters. The maximum absolute atomic E-state index is 13.7. The summed E-state index contributed by atoms with van der Waals surface area (Å²) in [4.78, 5) is 14.0. The Balaban J connectivity index is 1.77. The summed E-state index contributed by atoms with van der Waals surface area (Å²) in [6.45, 7) is 0.274. The highest BCUT2D eigenvalue weighted by molar-refractivity contribution is 5.90. The predicted molar refractivity (Wildman–Crippen MR) is 90.5 cm³/mol. The summed E-state index contributed by atoms with van der Waals surface area (Å²) < 4.78 is 13.7.